The van der Waals surface area contributed by atoms with Crippen LogP contribution in [0.4, 0.5) is 5.82 Å². The lowest BCUT2D eigenvalue weighted by molar-refractivity contribution is 0.956. The summed E-state index contributed by atoms with van der Waals surface area (Å²) in [5.41, 5.74) is 1.10. The zero-order valence-corrected chi connectivity index (χ0v) is 12.3. The lowest BCUT2D eigenvalue weighted by Gasteiger charge is -2.07. The van der Waals surface area contributed by atoms with Crippen LogP contribution in [0.2, 0.25) is 5.02 Å². The Bertz CT molecular complexity index is 546. The molecule has 1 aromatic heterocycles. The third kappa shape index (κ3) is 3.43. The molecule has 0 aliphatic rings. The van der Waals surface area contributed by atoms with Gasteiger partial charge in [-0.25, -0.2) is 9.97 Å². The molecule has 3 nitrogen and oxygen atoms in total. The molecule has 0 aliphatic carbocycles. The molecule has 0 aliphatic heterocycles. The topological polar surface area (TPSA) is 37.8 Å². The first-order chi connectivity index (χ1) is 8.69. The summed E-state index contributed by atoms with van der Waals surface area (Å²) in [5.74, 6) is 1.60. The van der Waals surface area contributed by atoms with Crippen molar-refractivity contribution < 1.29 is 0 Å². The van der Waals surface area contributed by atoms with Crippen molar-refractivity contribution in [3.05, 3.63) is 51.3 Å². The van der Waals surface area contributed by atoms with Gasteiger partial charge in [0.25, 0.3) is 0 Å². The molecule has 2 rings (SSSR count). The Morgan fingerprint density at radius 2 is 2.22 bits per heavy atom. The summed E-state index contributed by atoms with van der Waals surface area (Å²) in [6, 6.07) is 7.74. The Hall–Kier alpha value is -1.13. The van der Waals surface area contributed by atoms with E-state index in [1.807, 2.05) is 31.2 Å². The van der Waals surface area contributed by atoms with Crippen LogP contribution >= 0.6 is 27.5 Å². The van der Waals surface area contributed by atoms with Gasteiger partial charge in [0.05, 0.1) is 4.47 Å². The van der Waals surface area contributed by atoms with Gasteiger partial charge in [0.2, 0.25) is 0 Å². The summed E-state index contributed by atoms with van der Waals surface area (Å²) in [5, 5.41) is 3.92. The van der Waals surface area contributed by atoms with Crippen LogP contribution in [0, 0.1) is 0 Å². The van der Waals surface area contributed by atoms with Crippen molar-refractivity contribution >= 4 is 33.3 Å². The van der Waals surface area contributed by atoms with Crippen molar-refractivity contribution in [2.24, 2.45) is 0 Å². The van der Waals surface area contributed by atoms with E-state index in [0.717, 1.165) is 33.2 Å². The van der Waals surface area contributed by atoms with Crippen molar-refractivity contribution in [2.45, 2.75) is 13.3 Å². The van der Waals surface area contributed by atoms with E-state index in [2.05, 4.69) is 31.2 Å². The quantitative estimate of drug-likeness (QED) is 0.925. The second kappa shape index (κ2) is 6.16. The number of anilines is 1. The minimum absolute atomic E-state index is 0.673. The lowest BCUT2D eigenvalue weighted by atomic mass is 10.1. The van der Waals surface area contributed by atoms with Crippen molar-refractivity contribution in [1.82, 2.24) is 9.97 Å². The second-order valence-electron chi connectivity index (χ2n) is 3.82. The number of rotatable bonds is 4. The summed E-state index contributed by atoms with van der Waals surface area (Å²) in [6.07, 6.45) is 2.44. The Morgan fingerprint density at radius 3 is 2.94 bits per heavy atom. The van der Waals surface area contributed by atoms with Crippen LogP contribution in [0.15, 0.2) is 34.9 Å². The van der Waals surface area contributed by atoms with Gasteiger partial charge in [-0.2, -0.15) is 0 Å². The zero-order chi connectivity index (χ0) is 13.0. The molecule has 94 valence electrons. The summed E-state index contributed by atoms with van der Waals surface area (Å²) in [7, 11) is 0. The highest BCUT2D eigenvalue weighted by Gasteiger charge is 2.05. The van der Waals surface area contributed by atoms with Gasteiger partial charge in [0, 0.05) is 24.2 Å². The van der Waals surface area contributed by atoms with E-state index >= 15 is 0 Å². The van der Waals surface area contributed by atoms with Gasteiger partial charge in [0.1, 0.15) is 11.6 Å². The standard InChI is InChI=1S/C13H13BrClN3/c1-2-16-13-11(14)8-17-12(18-13)7-9-4-3-5-10(15)6-9/h3-6,8H,2,7H2,1H3,(H,16,17,18). The molecule has 1 aromatic carbocycles. The van der Waals surface area contributed by atoms with Crippen LogP contribution in [0.1, 0.15) is 18.3 Å². The molecule has 2 aromatic rings. The number of hydrogen-bond donors (Lipinski definition) is 1. The summed E-state index contributed by atoms with van der Waals surface area (Å²) in [4.78, 5) is 8.78. The van der Waals surface area contributed by atoms with E-state index in [1.54, 1.807) is 6.20 Å². The monoisotopic (exact) mass is 325 g/mol. The largest absolute Gasteiger partial charge is 0.369 e. The van der Waals surface area contributed by atoms with E-state index in [0.29, 0.717) is 6.42 Å². The highest BCUT2D eigenvalue weighted by atomic mass is 79.9. The average Bonchev–Trinajstić information content (AvgIpc) is 2.34. The van der Waals surface area contributed by atoms with Gasteiger partial charge in [0.15, 0.2) is 0 Å². The number of benzene rings is 1. The maximum atomic E-state index is 5.96. The van der Waals surface area contributed by atoms with Crippen LogP contribution in [-0.4, -0.2) is 16.5 Å². The van der Waals surface area contributed by atoms with Gasteiger partial charge < -0.3 is 5.32 Å². The molecule has 18 heavy (non-hydrogen) atoms. The van der Waals surface area contributed by atoms with Crippen LogP contribution in [-0.2, 0) is 6.42 Å². The maximum absolute atomic E-state index is 5.96. The SMILES string of the molecule is CCNc1nc(Cc2cccc(Cl)c2)ncc1Br. The van der Waals surface area contributed by atoms with Crippen LogP contribution in [0.25, 0.3) is 0 Å². The molecule has 0 spiro atoms. The minimum atomic E-state index is 0.673. The molecule has 0 radical (unpaired) electrons. The number of aromatic nitrogens is 2. The lowest BCUT2D eigenvalue weighted by Crippen LogP contribution is -2.04. The number of nitrogens with zero attached hydrogens (tertiary/aromatic N) is 2. The molecule has 1 heterocycles. The van der Waals surface area contributed by atoms with E-state index < -0.39 is 0 Å². The van der Waals surface area contributed by atoms with Gasteiger partial charge in [-0.3, -0.25) is 0 Å². The fraction of sp³-hybridized carbons (Fsp3) is 0.231. The van der Waals surface area contributed by atoms with Gasteiger partial charge in [-0.15, -0.1) is 0 Å². The third-order valence-corrected chi connectivity index (χ3v) is 3.20. The molecule has 0 bridgehead atoms. The smallest absolute Gasteiger partial charge is 0.144 e. The predicted molar refractivity (Wildman–Crippen MR) is 78.2 cm³/mol. The first-order valence-corrected chi connectivity index (χ1v) is 6.86. The molecule has 1 N–H and O–H groups in total. The Balaban J connectivity index is 2.21. The molecule has 0 amide bonds. The predicted octanol–water partition coefficient (Wildman–Crippen LogP) is 3.92. The van der Waals surface area contributed by atoms with E-state index in [4.69, 9.17) is 11.6 Å². The number of nitrogens with one attached hydrogen (secondary N) is 1. The molecule has 0 unspecified atom stereocenters. The zero-order valence-electron chi connectivity index (χ0n) is 9.95. The number of hydrogen-bond acceptors (Lipinski definition) is 3. The van der Waals surface area contributed by atoms with Gasteiger partial charge in [-0.05, 0) is 40.5 Å². The van der Waals surface area contributed by atoms with Crippen molar-refractivity contribution in [1.29, 1.82) is 0 Å². The summed E-state index contributed by atoms with van der Waals surface area (Å²) >= 11 is 9.38. The second-order valence-corrected chi connectivity index (χ2v) is 5.11. The Morgan fingerprint density at radius 1 is 1.39 bits per heavy atom. The van der Waals surface area contributed by atoms with E-state index in [1.165, 1.54) is 0 Å². The summed E-state index contributed by atoms with van der Waals surface area (Å²) < 4.78 is 0.874. The highest BCUT2D eigenvalue weighted by Crippen LogP contribution is 2.20. The normalized spacial score (nSPS) is 10.4. The summed E-state index contributed by atoms with van der Waals surface area (Å²) in [6.45, 7) is 2.86. The first kappa shape index (κ1) is 13.3. The molecule has 0 saturated carbocycles. The van der Waals surface area contributed by atoms with Gasteiger partial charge >= 0.3 is 0 Å². The van der Waals surface area contributed by atoms with Crippen LogP contribution < -0.4 is 5.32 Å². The molecule has 5 heteroatoms. The van der Waals surface area contributed by atoms with E-state index in [9.17, 15) is 0 Å². The van der Waals surface area contributed by atoms with Crippen molar-refractivity contribution in [2.75, 3.05) is 11.9 Å². The molecule has 0 fully saturated rings. The highest BCUT2D eigenvalue weighted by molar-refractivity contribution is 9.10. The maximum Gasteiger partial charge on any atom is 0.144 e. The molecule has 0 saturated heterocycles. The van der Waals surface area contributed by atoms with Crippen LogP contribution in [0.5, 0.6) is 0 Å². The Labute approximate surface area is 120 Å². The fourth-order valence-electron chi connectivity index (χ4n) is 1.61. The molecular weight excluding hydrogens is 314 g/mol. The molecule has 0 atom stereocenters. The average molecular weight is 327 g/mol. The third-order valence-electron chi connectivity index (χ3n) is 2.39. The first-order valence-electron chi connectivity index (χ1n) is 5.68. The van der Waals surface area contributed by atoms with Crippen molar-refractivity contribution in [3.63, 3.8) is 0 Å². The van der Waals surface area contributed by atoms with E-state index in [-0.39, 0.29) is 0 Å². The van der Waals surface area contributed by atoms with Crippen molar-refractivity contribution in [3.8, 4) is 0 Å². The Kier molecular flexibility index (Phi) is 4.55. The number of halogens is 2. The fourth-order valence-corrected chi connectivity index (χ4v) is 2.15. The molecular formula is C13H13BrClN3. The van der Waals surface area contributed by atoms with Crippen LogP contribution in [0.3, 0.4) is 0 Å². The van der Waals surface area contributed by atoms with Gasteiger partial charge in [-0.1, -0.05) is 23.7 Å². The minimum Gasteiger partial charge on any atom is -0.369 e.